The highest BCUT2D eigenvalue weighted by atomic mass is 127. The molecule has 0 spiro atoms. The number of guanidine groups is 1. The molecule has 3 rings (SSSR count). The van der Waals surface area contributed by atoms with Crippen LogP contribution in [0.25, 0.3) is 0 Å². The molecule has 0 radical (unpaired) electrons. The van der Waals surface area contributed by atoms with E-state index in [1.165, 1.54) is 6.07 Å². The van der Waals surface area contributed by atoms with E-state index in [2.05, 4.69) is 20.5 Å². The summed E-state index contributed by atoms with van der Waals surface area (Å²) in [5.74, 6) is 1.18. The summed E-state index contributed by atoms with van der Waals surface area (Å²) in [7, 11) is 0. The summed E-state index contributed by atoms with van der Waals surface area (Å²) < 4.78 is 13.9. The quantitative estimate of drug-likeness (QED) is 0.258. The average molecular weight is 561 g/mol. The normalized spacial score (nSPS) is 17.6. The molecule has 1 aliphatic rings. The number of nitrogens with one attached hydrogen (secondary N) is 2. The van der Waals surface area contributed by atoms with Crippen LogP contribution in [0.2, 0.25) is 0 Å². The summed E-state index contributed by atoms with van der Waals surface area (Å²) in [4.78, 5) is 6.93. The second-order valence-corrected chi connectivity index (χ2v) is 8.95. The highest BCUT2D eigenvalue weighted by molar-refractivity contribution is 14.0. The molecule has 0 amide bonds. The van der Waals surface area contributed by atoms with Gasteiger partial charge in [0.1, 0.15) is 11.4 Å². The van der Waals surface area contributed by atoms with Crippen molar-refractivity contribution < 1.29 is 9.50 Å². The van der Waals surface area contributed by atoms with Crippen molar-refractivity contribution in [3.05, 3.63) is 58.0 Å². The molecule has 2 aromatic rings. The molecule has 8 heteroatoms. The number of benzene rings is 1. The van der Waals surface area contributed by atoms with Gasteiger partial charge in [-0.2, -0.15) is 11.3 Å². The van der Waals surface area contributed by atoms with Gasteiger partial charge in [0.2, 0.25) is 0 Å². The van der Waals surface area contributed by atoms with Crippen molar-refractivity contribution in [2.24, 2.45) is 10.9 Å². The Balaban J connectivity index is 0.00000341. The van der Waals surface area contributed by atoms with Gasteiger partial charge in [-0.1, -0.05) is 18.2 Å². The lowest BCUT2D eigenvalue weighted by atomic mass is 9.96. The number of halogens is 2. The van der Waals surface area contributed by atoms with Crippen molar-refractivity contribution in [1.29, 1.82) is 0 Å². The number of likely N-dealkylation sites (tertiary alicyclic amines) is 1. The number of thiophene rings is 1. The van der Waals surface area contributed by atoms with Crippen LogP contribution in [0.5, 0.6) is 0 Å². The highest BCUT2D eigenvalue weighted by Gasteiger charge is 2.24. The first kappa shape index (κ1) is 26.0. The van der Waals surface area contributed by atoms with Gasteiger partial charge in [-0.3, -0.25) is 4.90 Å². The van der Waals surface area contributed by atoms with Gasteiger partial charge in [-0.25, -0.2) is 9.38 Å². The lowest BCUT2D eigenvalue weighted by molar-refractivity contribution is 0.0677. The summed E-state index contributed by atoms with van der Waals surface area (Å²) in [6.07, 6.45) is 2.15. The van der Waals surface area contributed by atoms with Crippen molar-refractivity contribution in [1.82, 2.24) is 15.5 Å². The van der Waals surface area contributed by atoms with Gasteiger partial charge in [0.15, 0.2) is 5.96 Å². The standard InChI is InChI=1S/C23H33FN4OS.HI/c1-3-25-22(27-17-23(2,29)20-10-13-30-16-20)26-14-18-8-11-28(12-9-18)15-19-6-4-5-7-21(19)24;/h4-7,10,13,16,18,29H,3,8-9,11-12,14-15,17H2,1-2H3,(H2,25,26,27);1H. The Labute approximate surface area is 206 Å². The Morgan fingerprint density at radius 1 is 1.26 bits per heavy atom. The molecule has 0 aliphatic carbocycles. The maximum Gasteiger partial charge on any atom is 0.191 e. The van der Waals surface area contributed by atoms with Crippen LogP contribution >= 0.6 is 35.3 Å². The molecule has 2 heterocycles. The molecule has 0 bridgehead atoms. The third kappa shape index (κ3) is 8.00. The fourth-order valence-electron chi connectivity index (χ4n) is 3.69. The van der Waals surface area contributed by atoms with Crippen molar-refractivity contribution in [3.8, 4) is 0 Å². The number of nitrogens with zero attached hydrogens (tertiary/aromatic N) is 2. The SMILES string of the molecule is CCNC(=NCC(C)(O)c1ccsc1)NCC1CCN(Cc2ccccc2F)CC1.I. The highest BCUT2D eigenvalue weighted by Crippen LogP contribution is 2.23. The predicted octanol–water partition coefficient (Wildman–Crippen LogP) is 4.18. The molecule has 1 aromatic carbocycles. The van der Waals surface area contributed by atoms with Crippen molar-refractivity contribution in [2.75, 3.05) is 32.7 Å². The third-order valence-corrected chi connectivity index (χ3v) is 6.33. The average Bonchev–Trinajstić information content (AvgIpc) is 3.29. The Morgan fingerprint density at radius 3 is 2.65 bits per heavy atom. The minimum Gasteiger partial charge on any atom is -0.383 e. The summed E-state index contributed by atoms with van der Waals surface area (Å²) in [5.41, 5.74) is 0.697. The largest absolute Gasteiger partial charge is 0.383 e. The smallest absolute Gasteiger partial charge is 0.191 e. The van der Waals surface area contributed by atoms with Crippen molar-refractivity contribution in [3.63, 3.8) is 0 Å². The van der Waals surface area contributed by atoms with Crippen LogP contribution in [-0.2, 0) is 12.1 Å². The van der Waals surface area contributed by atoms with E-state index in [0.717, 1.165) is 56.1 Å². The maximum absolute atomic E-state index is 13.9. The molecular formula is C23H34FIN4OS. The number of hydrogen-bond donors (Lipinski definition) is 3. The lowest BCUT2D eigenvalue weighted by Crippen LogP contribution is -2.43. The van der Waals surface area contributed by atoms with Crippen LogP contribution in [-0.4, -0.2) is 48.7 Å². The fraction of sp³-hybridized carbons (Fsp3) is 0.522. The van der Waals surface area contributed by atoms with Gasteiger partial charge in [-0.15, -0.1) is 24.0 Å². The van der Waals surface area contributed by atoms with E-state index in [-0.39, 0.29) is 29.8 Å². The van der Waals surface area contributed by atoms with Crippen molar-refractivity contribution in [2.45, 2.75) is 38.8 Å². The topological polar surface area (TPSA) is 59.9 Å². The molecule has 1 unspecified atom stereocenters. The lowest BCUT2D eigenvalue weighted by Gasteiger charge is -2.32. The molecule has 3 N–H and O–H groups in total. The molecule has 1 aliphatic heterocycles. The first-order chi connectivity index (χ1) is 14.5. The Morgan fingerprint density at radius 2 is 2.00 bits per heavy atom. The number of aliphatic hydroxyl groups is 1. The molecule has 172 valence electrons. The molecule has 1 saturated heterocycles. The molecule has 1 aromatic heterocycles. The van der Waals surface area contributed by atoms with Crippen LogP contribution in [0.1, 0.15) is 37.8 Å². The van der Waals surface area contributed by atoms with Gasteiger partial charge in [-0.05, 0) is 74.2 Å². The number of hydrogen-bond acceptors (Lipinski definition) is 4. The van der Waals surface area contributed by atoms with Gasteiger partial charge < -0.3 is 15.7 Å². The van der Waals surface area contributed by atoms with Crippen LogP contribution in [0.15, 0.2) is 46.1 Å². The first-order valence-corrected chi connectivity index (χ1v) is 11.6. The van der Waals surface area contributed by atoms with E-state index in [0.29, 0.717) is 19.0 Å². The van der Waals surface area contributed by atoms with E-state index in [4.69, 9.17) is 0 Å². The summed E-state index contributed by atoms with van der Waals surface area (Å²) >= 11 is 1.58. The zero-order valence-corrected chi connectivity index (χ0v) is 21.5. The Hall–Kier alpha value is -1.23. The monoisotopic (exact) mass is 560 g/mol. The molecule has 1 fully saturated rings. The third-order valence-electron chi connectivity index (χ3n) is 5.65. The predicted molar refractivity (Wildman–Crippen MR) is 138 cm³/mol. The van der Waals surface area contributed by atoms with E-state index in [1.807, 2.05) is 35.9 Å². The Bertz CT molecular complexity index is 808. The summed E-state index contributed by atoms with van der Waals surface area (Å²) in [6, 6.07) is 8.97. The van der Waals surface area contributed by atoms with Gasteiger partial charge in [0.25, 0.3) is 0 Å². The summed E-state index contributed by atoms with van der Waals surface area (Å²) in [5, 5.41) is 21.3. The minimum absolute atomic E-state index is 0. The van der Waals surface area contributed by atoms with Crippen LogP contribution < -0.4 is 10.6 Å². The van der Waals surface area contributed by atoms with Gasteiger partial charge >= 0.3 is 0 Å². The molecular weight excluding hydrogens is 526 g/mol. The second kappa shape index (κ2) is 12.7. The van der Waals surface area contributed by atoms with E-state index in [1.54, 1.807) is 24.3 Å². The van der Waals surface area contributed by atoms with E-state index < -0.39 is 5.60 Å². The molecule has 1 atom stereocenters. The van der Waals surface area contributed by atoms with Gasteiger partial charge in [0, 0.05) is 25.2 Å². The van der Waals surface area contributed by atoms with E-state index >= 15 is 0 Å². The van der Waals surface area contributed by atoms with Crippen LogP contribution in [0.4, 0.5) is 4.39 Å². The van der Waals surface area contributed by atoms with Crippen LogP contribution in [0.3, 0.4) is 0 Å². The van der Waals surface area contributed by atoms with Gasteiger partial charge in [0.05, 0.1) is 6.54 Å². The molecule has 31 heavy (non-hydrogen) atoms. The van der Waals surface area contributed by atoms with Crippen LogP contribution in [0, 0.1) is 11.7 Å². The summed E-state index contributed by atoms with van der Waals surface area (Å²) in [6.45, 7) is 8.38. The number of aliphatic imine (C=N–C) groups is 1. The first-order valence-electron chi connectivity index (χ1n) is 10.7. The minimum atomic E-state index is -0.972. The second-order valence-electron chi connectivity index (χ2n) is 8.17. The zero-order chi connectivity index (χ0) is 21.4. The van der Waals surface area contributed by atoms with E-state index in [9.17, 15) is 9.50 Å². The molecule has 5 nitrogen and oxygen atoms in total. The van der Waals surface area contributed by atoms with Crippen molar-refractivity contribution >= 4 is 41.3 Å². The zero-order valence-electron chi connectivity index (χ0n) is 18.3. The number of piperidine rings is 1. The fourth-order valence-corrected chi connectivity index (χ4v) is 4.48. The Kier molecular flexibility index (Phi) is 10.7. The number of rotatable bonds is 8. The molecule has 0 saturated carbocycles. The maximum atomic E-state index is 13.9.